The highest BCUT2D eigenvalue weighted by molar-refractivity contribution is 9.09. The van der Waals surface area contributed by atoms with Gasteiger partial charge in [-0.25, -0.2) is 0 Å². The largest absolute Gasteiger partial charge is 0.383 e. The van der Waals surface area contributed by atoms with E-state index in [1.807, 2.05) is 13.8 Å². The van der Waals surface area contributed by atoms with Crippen LogP contribution < -0.4 is 4.72 Å². The van der Waals surface area contributed by atoms with Gasteiger partial charge >= 0.3 is 0 Å². The van der Waals surface area contributed by atoms with Gasteiger partial charge in [-0.05, 0) is 20.3 Å². The Morgan fingerprint density at radius 1 is 1.44 bits per heavy atom. The Kier molecular flexibility index (Phi) is 7.75. The summed E-state index contributed by atoms with van der Waals surface area (Å²) in [5, 5.41) is 0.731. The Bertz CT molecular complexity index is 276. The molecule has 0 saturated heterocycles. The van der Waals surface area contributed by atoms with Crippen LogP contribution in [-0.2, 0) is 14.9 Å². The second kappa shape index (κ2) is 7.60. The molecule has 0 heterocycles. The predicted molar refractivity (Wildman–Crippen MR) is 69.0 cm³/mol. The van der Waals surface area contributed by atoms with Crippen molar-refractivity contribution in [1.29, 1.82) is 0 Å². The highest BCUT2D eigenvalue weighted by Gasteiger charge is 2.23. The molecule has 16 heavy (non-hydrogen) atoms. The maximum atomic E-state index is 11.9. The van der Waals surface area contributed by atoms with Crippen molar-refractivity contribution in [3.05, 3.63) is 0 Å². The molecule has 0 aromatic heterocycles. The summed E-state index contributed by atoms with van der Waals surface area (Å²) < 4.78 is 32.7. The van der Waals surface area contributed by atoms with Crippen molar-refractivity contribution in [3.63, 3.8) is 0 Å². The van der Waals surface area contributed by atoms with Crippen LogP contribution in [-0.4, -0.2) is 50.9 Å². The molecule has 0 rings (SSSR count). The SMILES string of the molecule is COCC(CCBr)NS(=O)(=O)N(C)C(C)C. The van der Waals surface area contributed by atoms with E-state index in [9.17, 15) is 8.42 Å². The molecule has 0 aliphatic carbocycles. The van der Waals surface area contributed by atoms with Crippen LogP contribution in [0.1, 0.15) is 20.3 Å². The molecular weight excluding hydrogens is 296 g/mol. The van der Waals surface area contributed by atoms with Gasteiger partial charge in [0.05, 0.1) is 6.61 Å². The van der Waals surface area contributed by atoms with Gasteiger partial charge in [-0.2, -0.15) is 17.4 Å². The topological polar surface area (TPSA) is 58.6 Å². The summed E-state index contributed by atoms with van der Waals surface area (Å²) >= 11 is 3.29. The molecule has 5 nitrogen and oxygen atoms in total. The van der Waals surface area contributed by atoms with Crippen molar-refractivity contribution in [2.45, 2.75) is 32.4 Å². The molecule has 0 bridgehead atoms. The number of hydrogen-bond donors (Lipinski definition) is 1. The van der Waals surface area contributed by atoms with Gasteiger partial charge in [0.25, 0.3) is 10.2 Å². The first-order chi connectivity index (χ1) is 7.35. The standard InChI is InChI=1S/C9H21BrN2O3S/c1-8(2)12(3)16(13,14)11-9(5-6-10)7-15-4/h8-9,11H,5-7H2,1-4H3. The maximum Gasteiger partial charge on any atom is 0.279 e. The van der Waals surface area contributed by atoms with E-state index >= 15 is 0 Å². The van der Waals surface area contributed by atoms with Crippen molar-refractivity contribution in [2.75, 3.05) is 26.1 Å². The first kappa shape index (κ1) is 16.3. The summed E-state index contributed by atoms with van der Waals surface area (Å²) in [5.74, 6) is 0. The minimum atomic E-state index is -3.42. The fourth-order valence-corrected chi connectivity index (χ4v) is 2.96. The van der Waals surface area contributed by atoms with Crippen LogP contribution in [0.5, 0.6) is 0 Å². The molecule has 1 atom stereocenters. The molecule has 0 aromatic rings. The van der Waals surface area contributed by atoms with Crippen molar-refractivity contribution in [1.82, 2.24) is 9.03 Å². The third kappa shape index (κ3) is 5.58. The number of rotatable bonds is 8. The summed E-state index contributed by atoms with van der Waals surface area (Å²) in [6.45, 7) is 4.03. The van der Waals surface area contributed by atoms with Gasteiger partial charge in [0.15, 0.2) is 0 Å². The summed E-state index contributed by atoms with van der Waals surface area (Å²) in [4.78, 5) is 0. The van der Waals surface area contributed by atoms with Crippen molar-refractivity contribution in [2.24, 2.45) is 0 Å². The molecule has 0 fully saturated rings. The molecule has 7 heteroatoms. The highest BCUT2D eigenvalue weighted by Crippen LogP contribution is 2.05. The van der Waals surface area contributed by atoms with E-state index in [1.165, 1.54) is 4.31 Å². The lowest BCUT2D eigenvalue weighted by Gasteiger charge is -2.25. The quantitative estimate of drug-likeness (QED) is 0.679. The van der Waals surface area contributed by atoms with Gasteiger partial charge in [0.1, 0.15) is 0 Å². The highest BCUT2D eigenvalue weighted by atomic mass is 79.9. The van der Waals surface area contributed by atoms with Crippen molar-refractivity contribution >= 4 is 26.1 Å². The number of alkyl halides is 1. The van der Waals surface area contributed by atoms with Gasteiger partial charge in [-0.15, -0.1) is 0 Å². The van der Waals surface area contributed by atoms with Gasteiger partial charge in [0.2, 0.25) is 0 Å². The zero-order valence-corrected chi connectivity index (χ0v) is 12.6. The second-order valence-corrected chi connectivity index (χ2v) is 6.42. The number of nitrogens with zero attached hydrogens (tertiary/aromatic N) is 1. The smallest absolute Gasteiger partial charge is 0.279 e. The zero-order chi connectivity index (χ0) is 12.8. The van der Waals surface area contributed by atoms with Gasteiger partial charge < -0.3 is 4.74 Å². The van der Waals surface area contributed by atoms with Crippen LogP contribution >= 0.6 is 15.9 Å². The average molecular weight is 317 g/mol. The van der Waals surface area contributed by atoms with E-state index in [2.05, 4.69) is 20.7 Å². The van der Waals surface area contributed by atoms with Gasteiger partial charge in [-0.1, -0.05) is 15.9 Å². The number of nitrogens with one attached hydrogen (secondary N) is 1. The van der Waals surface area contributed by atoms with Crippen LogP contribution in [0.2, 0.25) is 0 Å². The van der Waals surface area contributed by atoms with Crippen LogP contribution in [0.3, 0.4) is 0 Å². The molecular formula is C9H21BrN2O3S. The minimum Gasteiger partial charge on any atom is -0.383 e. The molecule has 1 unspecified atom stereocenters. The Balaban J connectivity index is 4.52. The van der Waals surface area contributed by atoms with E-state index in [-0.39, 0.29) is 12.1 Å². The van der Waals surface area contributed by atoms with Crippen LogP contribution in [0.4, 0.5) is 0 Å². The number of methoxy groups -OCH3 is 1. The Labute approximate surface area is 107 Å². The van der Waals surface area contributed by atoms with Crippen molar-refractivity contribution in [3.8, 4) is 0 Å². The fraction of sp³-hybridized carbons (Fsp3) is 1.00. The molecule has 1 N–H and O–H groups in total. The van der Waals surface area contributed by atoms with Crippen LogP contribution in [0.25, 0.3) is 0 Å². The van der Waals surface area contributed by atoms with Crippen molar-refractivity contribution < 1.29 is 13.2 Å². The summed E-state index contributed by atoms with van der Waals surface area (Å²) in [7, 11) is -0.303. The Hall–Kier alpha value is 0.310. The molecule has 0 radical (unpaired) electrons. The predicted octanol–water partition coefficient (Wildman–Crippen LogP) is 0.961. The summed E-state index contributed by atoms with van der Waals surface area (Å²) in [6, 6.07) is -0.264. The van der Waals surface area contributed by atoms with E-state index in [0.29, 0.717) is 13.0 Å². The number of hydrogen-bond acceptors (Lipinski definition) is 3. The normalized spacial score (nSPS) is 14.7. The molecule has 0 spiro atoms. The zero-order valence-electron chi connectivity index (χ0n) is 10.2. The van der Waals surface area contributed by atoms with E-state index in [4.69, 9.17) is 4.74 Å². The van der Waals surface area contributed by atoms with Gasteiger partial charge in [0, 0.05) is 31.6 Å². The summed E-state index contributed by atoms with van der Waals surface area (Å²) in [6.07, 6.45) is 0.693. The van der Waals surface area contributed by atoms with E-state index in [1.54, 1.807) is 14.2 Å². The van der Waals surface area contributed by atoms with Crippen LogP contribution in [0.15, 0.2) is 0 Å². The lowest BCUT2D eigenvalue weighted by molar-refractivity contribution is 0.172. The first-order valence-corrected chi connectivity index (χ1v) is 7.71. The number of ether oxygens (including phenoxy) is 1. The van der Waals surface area contributed by atoms with E-state index < -0.39 is 10.2 Å². The fourth-order valence-electron chi connectivity index (χ4n) is 1.08. The van der Waals surface area contributed by atoms with Crippen LogP contribution in [0, 0.1) is 0 Å². The summed E-state index contributed by atoms with van der Waals surface area (Å²) in [5.41, 5.74) is 0. The maximum absolute atomic E-state index is 11.9. The molecule has 0 aliphatic heterocycles. The average Bonchev–Trinajstić information content (AvgIpc) is 2.16. The monoisotopic (exact) mass is 316 g/mol. The molecule has 98 valence electrons. The third-order valence-corrected chi connectivity index (χ3v) is 4.52. The Morgan fingerprint density at radius 2 is 2.00 bits per heavy atom. The second-order valence-electron chi connectivity index (χ2n) is 3.86. The van der Waals surface area contributed by atoms with Gasteiger partial charge in [-0.3, -0.25) is 0 Å². The lowest BCUT2D eigenvalue weighted by Crippen LogP contribution is -2.47. The number of halogens is 1. The van der Waals surface area contributed by atoms with E-state index in [0.717, 1.165) is 5.33 Å². The lowest BCUT2D eigenvalue weighted by atomic mass is 10.3. The minimum absolute atomic E-state index is 0.0651. The third-order valence-electron chi connectivity index (χ3n) is 2.25. The first-order valence-electron chi connectivity index (χ1n) is 5.15. The molecule has 0 amide bonds. The Morgan fingerprint density at radius 3 is 2.38 bits per heavy atom. The molecule has 0 aliphatic rings. The molecule has 0 aromatic carbocycles. The molecule has 0 saturated carbocycles.